The third kappa shape index (κ3) is 4.61. The fraction of sp³-hybridized carbons (Fsp3) is 0.310. The second-order valence-electron chi connectivity index (χ2n) is 10.4. The van der Waals surface area contributed by atoms with Gasteiger partial charge in [0.05, 0.1) is 18.4 Å². The van der Waals surface area contributed by atoms with E-state index in [1.165, 1.54) is 11.7 Å². The smallest absolute Gasteiger partial charge is 0.341 e. The number of aryl methyl sites for hydroxylation is 1. The minimum absolute atomic E-state index is 0.244. The zero-order chi connectivity index (χ0) is 27.2. The Morgan fingerprint density at radius 2 is 1.76 bits per heavy atom. The Kier molecular flexibility index (Phi) is 6.40. The maximum Gasteiger partial charge on any atom is 0.341 e. The van der Waals surface area contributed by atoms with Crippen LogP contribution in [0.4, 0.5) is 0 Å². The number of fused-ring (bicyclic) bond motifs is 2. The average molecular weight is 515 g/mol. The van der Waals surface area contributed by atoms with E-state index in [9.17, 15) is 9.59 Å². The molecule has 0 aliphatic heterocycles. The normalized spacial score (nSPS) is 12.8. The lowest BCUT2D eigenvalue weighted by molar-refractivity contribution is -0.165. The number of nitrogens with zero attached hydrogens (tertiary/aromatic N) is 4. The number of hydrogen-bond acceptors (Lipinski definition) is 7. The van der Waals surface area contributed by atoms with Crippen molar-refractivity contribution in [2.45, 2.75) is 45.9 Å². The molecule has 0 radical (unpaired) electrons. The molecular weight excluding hydrogens is 484 g/mol. The molecule has 0 amide bonds. The molecule has 2 aromatic carbocycles. The van der Waals surface area contributed by atoms with Gasteiger partial charge in [-0.1, -0.05) is 35.9 Å². The van der Waals surface area contributed by atoms with Gasteiger partial charge in [-0.05, 0) is 67.3 Å². The van der Waals surface area contributed by atoms with E-state index in [1.54, 1.807) is 7.05 Å². The fourth-order valence-electron chi connectivity index (χ4n) is 4.75. The minimum atomic E-state index is -1.11. The van der Waals surface area contributed by atoms with Gasteiger partial charge in [-0.15, -0.1) is 0 Å². The van der Waals surface area contributed by atoms with Crippen LogP contribution >= 0.6 is 0 Å². The monoisotopic (exact) mass is 514 g/mol. The first-order valence-corrected chi connectivity index (χ1v) is 12.3. The summed E-state index contributed by atoms with van der Waals surface area (Å²) in [5.41, 5.74) is 5.02. The van der Waals surface area contributed by atoms with Crippen LogP contribution < -0.4 is 5.56 Å². The Balaban J connectivity index is 1.77. The van der Waals surface area contributed by atoms with Crippen LogP contribution in [0.1, 0.15) is 43.7 Å². The largest absolute Gasteiger partial charge is 0.467 e. The zero-order valence-corrected chi connectivity index (χ0v) is 22.3. The molecule has 0 saturated heterocycles. The summed E-state index contributed by atoms with van der Waals surface area (Å²) in [6, 6.07) is 15.6. The van der Waals surface area contributed by atoms with Gasteiger partial charge in [0.25, 0.3) is 5.56 Å². The van der Waals surface area contributed by atoms with Crippen LogP contribution in [-0.2, 0) is 27.9 Å². The third-order valence-corrected chi connectivity index (χ3v) is 6.50. The van der Waals surface area contributed by atoms with E-state index in [2.05, 4.69) is 10.3 Å². The Hall–Kier alpha value is -4.24. The van der Waals surface area contributed by atoms with Gasteiger partial charge in [0.15, 0.2) is 6.10 Å². The minimum Gasteiger partial charge on any atom is -0.467 e. The molecule has 0 fully saturated rings. The van der Waals surface area contributed by atoms with Crippen molar-refractivity contribution < 1.29 is 18.9 Å². The van der Waals surface area contributed by atoms with Gasteiger partial charge in [0.2, 0.25) is 0 Å². The number of carbonyl (C=O) groups excluding carboxylic acids is 1. The molecule has 3 heterocycles. The number of benzene rings is 2. The molecule has 0 spiro atoms. The summed E-state index contributed by atoms with van der Waals surface area (Å²) in [7, 11) is 2.99. The molecule has 9 nitrogen and oxygen atoms in total. The topological polar surface area (TPSA) is 101 Å². The first kappa shape index (κ1) is 25.4. The van der Waals surface area contributed by atoms with Crippen LogP contribution in [-0.4, -0.2) is 38.1 Å². The summed E-state index contributed by atoms with van der Waals surface area (Å²) < 4.78 is 19.6. The summed E-state index contributed by atoms with van der Waals surface area (Å²) in [6.45, 7) is 8.04. The van der Waals surface area contributed by atoms with Crippen LogP contribution in [0, 0.1) is 6.92 Å². The van der Waals surface area contributed by atoms with Crippen molar-refractivity contribution in [3.05, 3.63) is 81.9 Å². The predicted octanol–water partition coefficient (Wildman–Crippen LogP) is 4.93. The van der Waals surface area contributed by atoms with Gasteiger partial charge in [-0.25, -0.2) is 9.42 Å². The highest BCUT2D eigenvalue weighted by molar-refractivity contribution is 5.98. The van der Waals surface area contributed by atoms with Gasteiger partial charge in [0, 0.05) is 30.7 Å². The quantitative estimate of drug-likeness (QED) is 0.296. The van der Waals surface area contributed by atoms with E-state index in [0.29, 0.717) is 28.8 Å². The second kappa shape index (κ2) is 9.57. The van der Waals surface area contributed by atoms with Crippen molar-refractivity contribution in [3.63, 3.8) is 0 Å². The number of esters is 1. The Morgan fingerprint density at radius 1 is 1.05 bits per heavy atom. The molecule has 5 rings (SSSR count). The van der Waals surface area contributed by atoms with Crippen molar-refractivity contribution in [1.82, 2.24) is 19.4 Å². The number of hydrogen-bond donors (Lipinski definition) is 0. The molecule has 0 N–H and O–H groups in total. The number of rotatable bonds is 6. The number of methoxy groups -OCH3 is 1. The van der Waals surface area contributed by atoms with E-state index in [1.807, 2.05) is 87.0 Å². The number of pyridine rings is 1. The lowest BCUT2D eigenvalue weighted by Crippen LogP contribution is -2.33. The summed E-state index contributed by atoms with van der Waals surface area (Å²) in [5, 5.41) is 8.51. The molecule has 1 atom stereocenters. The molecule has 0 bridgehead atoms. The van der Waals surface area contributed by atoms with E-state index in [0.717, 1.165) is 27.6 Å². The maximum absolute atomic E-state index is 13.9. The lowest BCUT2D eigenvalue weighted by Gasteiger charge is -2.29. The van der Waals surface area contributed by atoms with Crippen LogP contribution in [0.3, 0.4) is 0 Å². The summed E-state index contributed by atoms with van der Waals surface area (Å²) in [5.74, 6) is -0.573. The van der Waals surface area contributed by atoms with E-state index in [4.69, 9.17) is 14.1 Å². The van der Waals surface area contributed by atoms with E-state index >= 15 is 0 Å². The second-order valence-corrected chi connectivity index (χ2v) is 10.4. The molecule has 3 aromatic heterocycles. The average Bonchev–Trinajstić information content (AvgIpc) is 3.51. The van der Waals surface area contributed by atoms with Gasteiger partial charge >= 0.3 is 5.97 Å². The third-order valence-electron chi connectivity index (χ3n) is 6.50. The molecule has 0 saturated carbocycles. The predicted molar refractivity (Wildman–Crippen MR) is 144 cm³/mol. The molecule has 9 heteroatoms. The highest BCUT2D eigenvalue weighted by atomic mass is 16.6. The fourth-order valence-corrected chi connectivity index (χ4v) is 4.75. The van der Waals surface area contributed by atoms with E-state index < -0.39 is 17.7 Å². The Bertz CT molecular complexity index is 1700. The molecule has 1 unspecified atom stereocenters. The first-order valence-electron chi connectivity index (χ1n) is 12.3. The number of ether oxygens (including phenoxy) is 2. The van der Waals surface area contributed by atoms with Gasteiger partial charge in [0.1, 0.15) is 16.6 Å². The molecule has 196 valence electrons. The first-order chi connectivity index (χ1) is 18.1. The maximum atomic E-state index is 13.9. The van der Waals surface area contributed by atoms with Crippen molar-refractivity contribution in [1.29, 1.82) is 0 Å². The number of aromatic nitrogens is 4. The van der Waals surface area contributed by atoms with Crippen molar-refractivity contribution in [2.75, 3.05) is 7.11 Å². The highest BCUT2D eigenvalue weighted by Gasteiger charge is 2.34. The molecule has 0 aliphatic rings. The lowest BCUT2D eigenvalue weighted by atomic mass is 9.95. The Labute approximate surface area is 219 Å². The molecule has 5 aromatic rings. The zero-order valence-electron chi connectivity index (χ0n) is 22.3. The SMILES string of the molecule is COC(=O)C(OC(C)(C)C)c1c(-c2ccc(C)cc2)c2ccn(Cc3ccc4nonc4c3)c2c(=O)n1C. The molecule has 38 heavy (non-hydrogen) atoms. The Morgan fingerprint density at radius 3 is 2.45 bits per heavy atom. The van der Waals surface area contributed by atoms with E-state index in [-0.39, 0.29) is 5.56 Å². The summed E-state index contributed by atoms with van der Waals surface area (Å²) in [4.78, 5) is 27.0. The summed E-state index contributed by atoms with van der Waals surface area (Å²) >= 11 is 0. The van der Waals surface area contributed by atoms with Gasteiger partial charge < -0.3 is 18.6 Å². The van der Waals surface area contributed by atoms with Crippen LogP contribution in [0.5, 0.6) is 0 Å². The molecular formula is C29H30N4O5. The summed E-state index contributed by atoms with van der Waals surface area (Å²) in [6.07, 6.45) is 0.778. The number of carbonyl (C=O) groups is 1. The van der Waals surface area contributed by atoms with Crippen LogP contribution in [0.15, 0.2) is 64.2 Å². The molecule has 0 aliphatic carbocycles. The van der Waals surface area contributed by atoms with Crippen LogP contribution in [0.25, 0.3) is 33.1 Å². The van der Waals surface area contributed by atoms with Crippen molar-refractivity contribution in [2.24, 2.45) is 7.05 Å². The highest BCUT2D eigenvalue weighted by Crippen LogP contribution is 2.37. The van der Waals surface area contributed by atoms with Gasteiger partial charge in [-0.2, -0.15) is 0 Å². The van der Waals surface area contributed by atoms with Crippen molar-refractivity contribution >= 4 is 27.9 Å². The van der Waals surface area contributed by atoms with Gasteiger partial charge in [-0.3, -0.25) is 4.79 Å². The van der Waals surface area contributed by atoms with Crippen molar-refractivity contribution in [3.8, 4) is 11.1 Å². The standard InChI is InChI=1S/C29H30N4O5/c1-17-7-10-19(11-8-17)23-20-13-14-33(16-18-9-12-21-22(15-18)31-38-30-21)24(20)27(34)32(5)25(23)26(28(35)36-6)37-29(2,3)4/h7-15,26H,16H2,1-6H3. The van der Waals surface area contributed by atoms with Crippen LogP contribution in [0.2, 0.25) is 0 Å².